The Morgan fingerprint density at radius 2 is 1.95 bits per heavy atom. The average molecular weight is 278 g/mol. The van der Waals surface area contributed by atoms with Crippen molar-refractivity contribution in [2.75, 3.05) is 40.9 Å². The Hall–Kier alpha value is -1.26. The van der Waals surface area contributed by atoms with E-state index in [2.05, 4.69) is 16.3 Å². The van der Waals surface area contributed by atoms with E-state index >= 15 is 0 Å². The first-order chi connectivity index (χ1) is 9.76. The Kier molecular flexibility index (Phi) is 5.68. The molecular formula is C16H26N2O2. The minimum absolute atomic E-state index is 0.823. The SMILES string of the molecule is CNCC1CCN(Cc2cc(OC)ccc2OC)CC1. The standard InChI is InChI=1S/C16H26N2O2/c1-17-11-13-6-8-18(9-7-13)12-14-10-15(19-2)4-5-16(14)20-3/h4-5,10,13,17H,6-9,11-12H2,1-3H3. The van der Waals surface area contributed by atoms with E-state index in [1.165, 1.54) is 18.4 Å². The second-order valence-corrected chi connectivity index (χ2v) is 5.45. The molecule has 1 saturated heterocycles. The fourth-order valence-electron chi connectivity index (χ4n) is 2.88. The zero-order valence-corrected chi connectivity index (χ0v) is 12.8. The van der Waals surface area contributed by atoms with Crippen molar-refractivity contribution in [1.29, 1.82) is 0 Å². The highest BCUT2D eigenvalue weighted by molar-refractivity contribution is 5.40. The Labute approximate surface area is 122 Å². The quantitative estimate of drug-likeness (QED) is 0.864. The first kappa shape index (κ1) is 15.1. The smallest absolute Gasteiger partial charge is 0.123 e. The molecule has 1 fully saturated rings. The van der Waals surface area contributed by atoms with E-state index in [0.29, 0.717) is 0 Å². The molecule has 4 nitrogen and oxygen atoms in total. The summed E-state index contributed by atoms with van der Waals surface area (Å²) >= 11 is 0. The summed E-state index contributed by atoms with van der Waals surface area (Å²) in [7, 11) is 5.47. The van der Waals surface area contributed by atoms with Gasteiger partial charge in [-0.3, -0.25) is 4.90 Å². The van der Waals surface area contributed by atoms with Crippen molar-refractivity contribution < 1.29 is 9.47 Å². The van der Waals surface area contributed by atoms with Crippen LogP contribution in [0, 0.1) is 5.92 Å². The monoisotopic (exact) mass is 278 g/mol. The van der Waals surface area contributed by atoms with E-state index in [0.717, 1.165) is 43.6 Å². The van der Waals surface area contributed by atoms with Gasteiger partial charge in [0.2, 0.25) is 0 Å². The van der Waals surface area contributed by atoms with E-state index < -0.39 is 0 Å². The maximum atomic E-state index is 5.45. The zero-order chi connectivity index (χ0) is 14.4. The number of methoxy groups -OCH3 is 2. The van der Waals surface area contributed by atoms with E-state index in [4.69, 9.17) is 9.47 Å². The molecule has 0 spiro atoms. The summed E-state index contributed by atoms with van der Waals surface area (Å²) in [4.78, 5) is 2.50. The van der Waals surface area contributed by atoms with Gasteiger partial charge < -0.3 is 14.8 Å². The molecule has 4 heteroatoms. The Morgan fingerprint density at radius 1 is 1.20 bits per heavy atom. The van der Waals surface area contributed by atoms with Crippen molar-refractivity contribution in [2.45, 2.75) is 19.4 Å². The minimum atomic E-state index is 0.823. The fourth-order valence-corrected chi connectivity index (χ4v) is 2.88. The van der Waals surface area contributed by atoms with Crippen molar-refractivity contribution in [3.8, 4) is 11.5 Å². The maximum absolute atomic E-state index is 5.45. The number of nitrogens with one attached hydrogen (secondary N) is 1. The molecule has 0 radical (unpaired) electrons. The lowest BCUT2D eigenvalue weighted by Gasteiger charge is -2.32. The lowest BCUT2D eigenvalue weighted by atomic mass is 9.96. The normalized spacial score (nSPS) is 17.1. The number of piperidine rings is 1. The molecule has 1 aromatic rings. The van der Waals surface area contributed by atoms with Crippen LogP contribution in [-0.4, -0.2) is 45.8 Å². The van der Waals surface area contributed by atoms with Gasteiger partial charge in [-0.05, 0) is 63.6 Å². The summed E-state index contributed by atoms with van der Waals surface area (Å²) in [5.74, 6) is 2.66. The van der Waals surface area contributed by atoms with E-state index in [1.54, 1.807) is 14.2 Å². The third kappa shape index (κ3) is 3.87. The molecule has 2 rings (SSSR count). The van der Waals surface area contributed by atoms with E-state index in [9.17, 15) is 0 Å². The molecule has 20 heavy (non-hydrogen) atoms. The largest absolute Gasteiger partial charge is 0.497 e. The molecule has 112 valence electrons. The Morgan fingerprint density at radius 3 is 2.55 bits per heavy atom. The summed E-state index contributed by atoms with van der Waals surface area (Å²) < 4.78 is 10.8. The number of hydrogen-bond acceptors (Lipinski definition) is 4. The van der Waals surface area contributed by atoms with Crippen LogP contribution in [0.5, 0.6) is 11.5 Å². The van der Waals surface area contributed by atoms with Gasteiger partial charge in [-0.1, -0.05) is 0 Å². The highest BCUT2D eigenvalue weighted by atomic mass is 16.5. The minimum Gasteiger partial charge on any atom is -0.497 e. The van der Waals surface area contributed by atoms with E-state index in [-0.39, 0.29) is 0 Å². The van der Waals surface area contributed by atoms with Gasteiger partial charge in [-0.25, -0.2) is 0 Å². The number of rotatable bonds is 6. The highest BCUT2D eigenvalue weighted by Gasteiger charge is 2.19. The average Bonchev–Trinajstić information content (AvgIpc) is 2.49. The number of ether oxygens (including phenoxy) is 2. The summed E-state index contributed by atoms with van der Waals surface area (Å²) in [5, 5.41) is 3.28. The molecule has 1 aliphatic rings. The van der Waals surface area contributed by atoms with Crippen molar-refractivity contribution in [3.05, 3.63) is 23.8 Å². The molecule has 1 aliphatic heterocycles. The maximum Gasteiger partial charge on any atom is 0.123 e. The summed E-state index contributed by atoms with van der Waals surface area (Å²) in [6.45, 7) is 4.39. The topological polar surface area (TPSA) is 33.7 Å². The Balaban J connectivity index is 1.96. The Bertz CT molecular complexity index is 415. The van der Waals surface area contributed by atoms with Crippen LogP contribution in [0.4, 0.5) is 0 Å². The van der Waals surface area contributed by atoms with Gasteiger partial charge in [-0.15, -0.1) is 0 Å². The van der Waals surface area contributed by atoms with Gasteiger partial charge in [0.25, 0.3) is 0 Å². The van der Waals surface area contributed by atoms with Crippen molar-refractivity contribution in [2.24, 2.45) is 5.92 Å². The lowest BCUT2D eigenvalue weighted by Crippen LogP contribution is -2.36. The van der Waals surface area contributed by atoms with Crippen molar-refractivity contribution >= 4 is 0 Å². The van der Waals surface area contributed by atoms with Gasteiger partial charge in [-0.2, -0.15) is 0 Å². The second kappa shape index (κ2) is 7.50. The van der Waals surface area contributed by atoms with Crippen LogP contribution >= 0.6 is 0 Å². The van der Waals surface area contributed by atoms with Gasteiger partial charge in [0.1, 0.15) is 11.5 Å². The summed E-state index contributed by atoms with van der Waals surface area (Å²) in [6.07, 6.45) is 2.54. The highest BCUT2D eigenvalue weighted by Crippen LogP contribution is 2.27. The number of hydrogen-bond donors (Lipinski definition) is 1. The van der Waals surface area contributed by atoms with Crippen LogP contribution in [0.25, 0.3) is 0 Å². The molecule has 0 aromatic heterocycles. The van der Waals surface area contributed by atoms with Crippen LogP contribution in [0.3, 0.4) is 0 Å². The molecule has 1 N–H and O–H groups in total. The summed E-state index contributed by atoms with van der Waals surface area (Å²) in [5.41, 5.74) is 1.21. The van der Waals surface area contributed by atoms with Gasteiger partial charge in [0.15, 0.2) is 0 Å². The third-order valence-electron chi connectivity index (χ3n) is 4.08. The number of nitrogens with zero attached hydrogens (tertiary/aromatic N) is 1. The fraction of sp³-hybridized carbons (Fsp3) is 0.625. The zero-order valence-electron chi connectivity index (χ0n) is 12.8. The van der Waals surface area contributed by atoms with Gasteiger partial charge in [0, 0.05) is 12.1 Å². The molecule has 0 atom stereocenters. The van der Waals surface area contributed by atoms with Crippen LogP contribution in [0.2, 0.25) is 0 Å². The van der Waals surface area contributed by atoms with Crippen molar-refractivity contribution in [1.82, 2.24) is 10.2 Å². The molecule has 0 saturated carbocycles. The molecule has 1 heterocycles. The third-order valence-corrected chi connectivity index (χ3v) is 4.08. The van der Waals surface area contributed by atoms with Crippen LogP contribution in [0.1, 0.15) is 18.4 Å². The van der Waals surface area contributed by atoms with Crippen LogP contribution < -0.4 is 14.8 Å². The molecular weight excluding hydrogens is 252 g/mol. The molecule has 0 amide bonds. The predicted octanol–water partition coefficient (Wildman–Crippen LogP) is 2.14. The van der Waals surface area contributed by atoms with Gasteiger partial charge >= 0.3 is 0 Å². The first-order valence-corrected chi connectivity index (χ1v) is 7.34. The van der Waals surface area contributed by atoms with Crippen LogP contribution in [-0.2, 0) is 6.54 Å². The second-order valence-electron chi connectivity index (χ2n) is 5.45. The van der Waals surface area contributed by atoms with E-state index in [1.807, 2.05) is 19.2 Å². The number of benzene rings is 1. The first-order valence-electron chi connectivity index (χ1n) is 7.34. The molecule has 0 unspecified atom stereocenters. The van der Waals surface area contributed by atoms with Crippen molar-refractivity contribution in [3.63, 3.8) is 0 Å². The predicted molar refractivity (Wildman–Crippen MR) is 81.5 cm³/mol. The molecule has 0 bridgehead atoms. The molecule has 0 aliphatic carbocycles. The van der Waals surface area contributed by atoms with Gasteiger partial charge in [0.05, 0.1) is 14.2 Å². The molecule has 1 aromatic carbocycles. The lowest BCUT2D eigenvalue weighted by molar-refractivity contribution is 0.175. The number of likely N-dealkylation sites (tertiary alicyclic amines) is 1. The summed E-state index contributed by atoms with van der Waals surface area (Å²) in [6, 6.07) is 6.02. The van der Waals surface area contributed by atoms with Crippen LogP contribution in [0.15, 0.2) is 18.2 Å².